The average Bonchev–Trinajstić information content (AvgIpc) is 2.28. The molecule has 1 unspecified atom stereocenters. The summed E-state index contributed by atoms with van der Waals surface area (Å²) in [4.78, 5) is 0. The average molecular weight is 244 g/mol. The van der Waals surface area contributed by atoms with E-state index in [1.165, 1.54) is 19.1 Å². The number of phenols is 1. The molecule has 1 aromatic rings. The number of halogens is 3. The summed E-state index contributed by atoms with van der Waals surface area (Å²) in [5, 5.41) is 9.52. The van der Waals surface area contributed by atoms with Crippen molar-refractivity contribution in [2.75, 3.05) is 0 Å². The number of fused-ring (bicyclic) bond motifs is 1. The maximum atomic E-state index is 13.0. The topological polar surface area (TPSA) is 29.5 Å². The molecule has 2 nitrogen and oxygen atoms in total. The van der Waals surface area contributed by atoms with Gasteiger partial charge >= 0.3 is 6.18 Å². The molecule has 1 aromatic carbocycles. The Morgan fingerprint density at radius 1 is 1.35 bits per heavy atom. The number of aromatic hydroxyl groups is 1. The van der Waals surface area contributed by atoms with Gasteiger partial charge in [-0.3, -0.25) is 0 Å². The highest BCUT2D eigenvalue weighted by molar-refractivity contribution is 5.65. The molecule has 5 heteroatoms. The largest absolute Gasteiger partial charge is 0.504 e. The number of alkyl halides is 3. The van der Waals surface area contributed by atoms with Crippen LogP contribution in [0.4, 0.5) is 13.2 Å². The van der Waals surface area contributed by atoms with Crippen molar-refractivity contribution < 1.29 is 23.0 Å². The predicted molar refractivity (Wildman–Crippen MR) is 56.8 cm³/mol. The molecule has 0 radical (unpaired) electrons. The Morgan fingerprint density at radius 2 is 2.06 bits per heavy atom. The monoisotopic (exact) mass is 244 g/mol. The minimum atomic E-state index is -4.52. The molecule has 0 saturated carbocycles. The van der Waals surface area contributed by atoms with Gasteiger partial charge in [-0.25, -0.2) is 0 Å². The fourth-order valence-corrected chi connectivity index (χ4v) is 1.77. The highest BCUT2D eigenvalue weighted by Crippen LogP contribution is 2.45. The highest BCUT2D eigenvalue weighted by Gasteiger charge is 2.55. The zero-order chi connectivity index (χ0) is 12.7. The highest BCUT2D eigenvalue weighted by atomic mass is 19.4. The minimum absolute atomic E-state index is 0.117. The number of hydrogen-bond acceptors (Lipinski definition) is 2. The molecular formula is C12H11F3O2. The molecule has 17 heavy (non-hydrogen) atoms. The Kier molecular flexibility index (Phi) is 2.56. The molecule has 1 heterocycles. The van der Waals surface area contributed by atoms with E-state index < -0.39 is 11.8 Å². The Bertz CT molecular complexity index is 465. The fourth-order valence-electron chi connectivity index (χ4n) is 1.77. The minimum Gasteiger partial charge on any atom is -0.504 e. The summed E-state index contributed by atoms with van der Waals surface area (Å²) in [7, 11) is 0. The molecule has 0 spiro atoms. The fraction of sp³-hybridized carbons (Fsp3) is 0.333. The van der Waals surface area contributed by atoms with Crippen molar-refractivity contribution >= 4 is 6.08 Å². The zero-order valence-corrected chi connectivity index (χ0v) is 9.08. The first-order valence-electron chi connectivity index (χ1n) is 5.16. The molecule has 0 aromatic heterocycles. The maximum absolute atomic E-state index is 13.0. The standard InChI is InChI=1S/C12H11F3O2/c1-2-11(12(13,14)15)7-6-8-4-3-5-9(16)10(8)17-11/h3-7,16H,2H2,1H3. The van der Waals surface area contributed by atoms with E-state index in [0.717, 1.165) is 6.08 Å². The van der Waals surface area contributed by atoms with E-state index in [9.17, 15) is 18.3 Å². The Balaban J connectivity index is 2.51. The van der Waals surface area contributed by atoms with E-state index in [1.807, 2.05) is 0 Å². The Hall–Kier alpha value is -1.65. The number of para-hydroxylation sites is 1. The van der Waals surface area contributed by atoms with Gasteiger partial charge in [0.05, 0.1) is 0 Å². The van der Waals surface area contributed by atoms with Crippen molar-refractivity contribution in [3.05, 3.63) is 29.8 Å². The van der Waals surface area contributed by atoms with E-state index in [2.05, 4.69) is 0 Å². The Morgan fingerprint density at radius 3 is 2.65 bits per heavy atom. The van der Waals surface area contributed by atoms with Crippen LogP contribution >= 0.6 is 0 Å². The van der Waals surface area contributed by atoms with Gasteiger partial charge in [-0.15, -0.1) is 0 Å². The normalized spacial score (nSPS) is 23.1. The second kappa shape index (κ2) is 3.68. The molecule has 0 fully saturated rings. The lowest BCUT2D eigenvalue weighted by Crippen LogP contribution is -2.49. The van der Waals surface area contributed by atoms with E-state index in [0.29, 0.717) is 5.56 Å². The van der Waals surface area contributed by atoms with Crippen molar-refractivity contribution in [3.63, 3.8) is 0 Å². The van der Waals surface area contributed by atoms with E-state index in [1.54, 1.807) is 12.1 Å². The van der Waals surface area contributed by atoms with Crippen LogP contribution in [0.5, 0.6) is 11.5 Å². The van der Waals surface area contributed by atoms with Crippen molar-refractivity contribution in [1.82, 2.24) is 0 Å². The van der Waals surface area contributed by atoms with Gasteiger partial charge in [-0.1, -0.05) is 25.1 Å². The van der Waals surface area contributed by atoms with Crippen LogP contribution in [0, 0.1) is 0 Å². The van der Waals surface area contributed by atoms with Gasteiger partial charge in [0.1, 0.15) is 0 Å². The van der Waals surface area contributed by atoms with Gasteiger partial charge in [0.2, 0.25) is 5.60 Å². The summed E-state index contributed by atoms with van der Waals surface area (Å²) < 4.78 is 43.9. The summed E-state index contributed by atoms with van der Waals surface area (Å²) in [5.41, 5.74) is -1.91. The lowest BCUT2D eigenvalue weighted by molar-refractivity contribution is -0.230. The van der Waals surface area contributed by atoms with E-state index in [-0.39, 0.29) is 17.9 Å². The van der Waals surface area contributed by atoms with E-state index in [4.69, 9.17) is 4.74 Å². The van der Waals surface area contributed by atoms with Crippen LogP contribution in [-0.4, -0.2) is 16.9 Å². The van der Waals surface area contributed by atoms with Crippen LogP contribution in [0.15, 0.2) is 24.3 Å². The number of ether oxygens (including phenoxy) is 1. The smallest absolute Gasteiger partial charge is 0.432 e. The van der Waals surface area contributed by atoms with Crippen molar-refractivity contribution in [1.29, 1.82) is 0 Å². The number of rotatable bonds is 1. The molecule has 1 atom stereocenters. The van der Waals surface area contributed by atoms with Crippen molar-refractivity contribution in [2.45, 2.75) is 25.1 Å². The Labute approximate surface area is 96.3 Å². The third kappa shape index (κ3) is 1.75. The van der Waals surface area contributed by atoms with Crippen molar-refractivity contribution in [3.8, 4) is 11.5 Å². The van der Waals surface area contributed by atoms with Gasteiger partial charge in [0.15, 0.2) is 11.5 Å². The van der Waals surface area contributed by atoms with Crippen LogP contribution in [0.2, 0.25) is 0 Å². The van der Waals surface area contributed by atoms with Gasteiger partial charge in [-0.2, -0.15) is 13.2 Å². The summed E-state index contributed by atoms with van der Waals surface area (Å²) in [5.74, 6) is -0.400. The maximum Gasteiger partial charge on any atom is 0.432 e. The molecule has 1 N–H and O–H groups in total. The lowest BCUT2D eigenvalue weighted by atomic mass is 9.94. The third-order valence-corrected chi connectivity index (χ3v) is 2.85. The number of hydrogen-bond donors (Lipinski definition) is 1. The molecule has 0 bridgehead atoms. The number of benzene rings is 1. The molecular weight excluding hydrogens is 233 g/mol. The molecule has 2 rings (SSSR count). The van der Waals surface area contributed by atoms with Crippen LogP contribution in [0.3, 0.4) is 0 Å². The van der Waals surface area contributed by atoms with Crippen LogP contribution in [0.1, 0.15) is 18.9 Å². The quantitative estimate of drug-likeness (QED) is 0.819. The van der Waals surface area contributed by atoms with Gasteiger partial charge in [-0.05, 0) is 18.6 Å². The molecule has 0 saturated heterocycles. The van der Waals surface area contributed by atoms with Crippen LogP contribution in [0.25, 0.3) is 6.08 Å². The third-order valence-electron chi connectivity index (χ3n) is 2.85. The van der Waals surface area contributed by atoms with Gasteiger partial charge in [0, 0.05) is 5.56 Å². The van der Waals surface area contributed by atoms with Crippen molar-refractivity contribution in [2.24, 2.45) is 0 Å². The van der Waals surface area contributed by atoms with Crippen LogP contribution < -0.4 is 4.74 Å². The van der Waals surface area contributed by atoms with Gasteiger partial charge < -0.3 is 9.84 Å². The summed E-state index contributed by atoms with van der Waals surface area (Å²) in [6.07, 6.45) is -2.44. The first-order valence-corrected chi connectivity index (χ1v) is 5.16. The lowest BCUT2D eigenvalue weighted by Gasteiger charge is -2.35. The molecule has 0 amide bonds. The van der Waals surface area contributed by atoms with E-state index >= 15 is 0 Å². The molecule has 0 aliphatic carbocycles. The SMILES string of the molecule is CCC1(C(F)(F)F)C=Cc2cccc(O)c2O1. The van der Waals surface area contributed by atoms with Crippen LogP contribution in [-0.2, 0) is 0 Å². The summed E-state index contributed by atoms with van der Waals surface area (Å²) >= 11 is 0. The summed E-state index contributed by atoms with van der Waals surface area (Å²) in [6, 6.07) is 4.44. The second-order valence-corrected chi connectivity index (χ2v) is 3.87. The molecule has 1 aliphatic heterocycles. The first-order chi connectivity index (χ1) is 7.89. The number of phenolic OH excluding ortho intramolecular Hbond substituents is 1. The summed E-state index contributed by atoms with van der Waals surface area (Å²) in [6.45, 7) is 1.39. The zero-order valence-electron chi connectivity index (χ0n) is 9.08. The molecule has 92 valence electrons. The molecule has 1 aliphatic rings. The second-order valence-electron chi connectivity index (χ2n) is 3.87. The predicted octanol–water partition coefficient (Wildman–Crippen LogP) is 3.51. The van der Waals surface area contributed by atoms with Gasteiger partial charge in [0.25, 0.3) is 0 Å². The first kappa shape index (κ1) is 11.8.